The molecule has 2 aliphatic rings. The van der Waals surface area contributed by atoms with E-state index < -0.39 is 54.5 Å². The molecule has 0 aromatic heterocycles. The zero-order chi connectivity index (χ0) is 33.2. The molecule has 2 saturated heterocycles. The molecule has 6 N–H and O–H groups in total. The van der Waals surface area contributed by atoms with E-state index in [0.29, 0.717) is 40.1 Å². The maximum absolute atomic E-state index is 13.4. The Hall–Kier alpha value is -3.81. The summed E-state index contributed by atoms with van der Waals surface area (Å²) in [5.74, 6) is -0.00551. The number of aromatic hydroxyl groups is 1. The number of amides is 1. The first-order chi connectivity index (χ1) is 22.7. The van der Waals surface area contributed by atoms with Crippen LogP contribution in [0.5, 0.6) is 5.75 Å². The van der Waals surface area contributed by atoms with Gasteiger partial charge in [-0.05, 0) is 64.8 Å². The van der Waals surface area contributed by atoms with Crippen LogP contribution in [0.2, 0.25) is 0 Å². The molecule has 0 radical (unpaired) electrons. The molecule has 0 spiro atoms. The highest BCUT2D eigenvalue weighted by atomic mass is 32.2. The molecule has 4 aromatic rings. The highest BCUT2D eigenvalue weighted by Crippen LogP contribution is 2.48. The summed E-state index contributed by atoms with van der Waals surface area (Å²) in [6, 6.07) is 26.7. The number of para-hydroxylation sites is 1. The second-order valence-corrected chi connectivity index (χ2v) is 13.0. The summed E-state index contributed by atoms with van der Waals surface area (Å²) in [5.41, 5.74) is 3.89. The van der Waals surface area contributed by atoms with Crippen LogP contribution in [0.15, 0.2) is 97.1 Å². The van der Waals surface area contributed by atoms with Gasteiger partial charge in [0.25, 0.3) is 0 Å². The quantitative estimate of drug-likeness (QED) is 0.139. The van der Waals surface area contributed by atoms with Crippen molar-refractivity contribution in [2.24, 2.45) is 0 Å². The van der Waals surface area contributed by atoms with E-state index in [-0.39, 0.29) is 17.5 Å². The maximum atomic E-state index is 13.4. The molecule has 2 fully saturated rings. The number of phenolic OH excluding ortho intramolecular Hbond substituents is 1. The third-order valence-electron chi connectivity index (χ3n) is 8.84. The SMILES string of the molecule is O=C1[C@H](SCC[C@H](O)c2ccc(F)cc2)[C@@H](c2ccc(-c3ccc(C4O[C@H](CO)[C@@H](O)[C@H](O)[C@H]4O)cc3)cc2O)N1c1ccccc1. The van der Waals surface area contributed by atoms with Gasteiger partial charge >= 0.3 is 0 Å². The van der Waals surface area contributed by atoms with Gasteiger partial charge in [0.1, 0.15) is 47.3 Å². The minimum absolute atomic E-state index is 0.0101. The van der Waals surface area contributed by atoms with Gasteiger partial charge in [0.15, 0.2) is 0 Å². The lowest BCUT2D eigenvalue weighted by molar-refractivity contribution is -0.231. The summed E-state index contributed by atoms with van der Waals surface area (Å²) in [5, 5.41) is 61.7. The summed E-state index contributed by atoms with van der Waals surface area (Å²) >= 11 is 1.41. The molecule has 11 heteroatoms. The number of halogens is 1. The Morgan fingerprint density at radius 3 is 2.19 bits per heavy atom. The molecule has 246 valence electrons. The number of thioether (sulfide) groups is 1. The number of carbonyl (C=O) groups excluding carboxylic acids is 1. The first-order valence-electron chi connectivity index (χ1n) is 15.3. The molecule has 9 nitrogen and oxygen atoms in total. The number of nitrogens with zero attached hydrogens (tertiary/aromatic N) is 1. The Bertz CT molecular complexity index is 1670. The molecule has 1 unspecified atom stereocenters. The predicted molar refractivity (Wildman–Crippen MR) is 175 cm³/mol. The van der Waals surface area contributed by atoms with Crippen molar-refractivity contribution in [1.29, 1.82) is 0 Å². The monoisotopic (exact) mass is 661 g/mol. The molecule has 1 amide bonds. The second kappa shape index (κ2) is 14.1. The average Bonchev–Trinajstić information content (AvgIpc) is 3.09. The molecular weight excluding hydrogens is 625 g/mol. The molecule has 0 bridgehead atoms. The normalized spacial score (nSPS) is 26.6. The van der Waals surface area contributed by atoms with E-state index in [0.717, 1.165) is 5.56 Å². The second-order valence-electron chi connectivity index (χ2n) is 11.8. The van der Waals surface area contributed by atoms with Gasteiger partial charge in [-0.3, -0.25) is 4.79 Å². The molecule has 4 aromatic carbocycles. The summed E-state index contributed by atoms with van der Waals surface area (Å²) in [7, 11) is 0. The summed E-state index contributed by atoms with van der Waals surface area (Å²) < 4.78 is 19.0. The van der Waals surface area contributed by atoms with Gasteiger partial charge in [-0.1, -0.05) is 66.7 Å². The van der Waals surface area contributed by atoms with Crippen LogP contribution in [0.3, 0.4) is 0 Å². The number of carbonyl (C=O) groups is 1. The van der Waals surface area contributed by atoms with Gasteiger partial charge in [0.2, 0.25) is 5.91 Å². The van der Waals surface area contributed by atoms with E-state index in [9.17, 15) is 39.8 Å². The van der Waals surface area contributed by atoms with Crippen molar-refractivity contribution in [2.75, 3.05) is 17.3 Å². The van der Waals surface area contributed by atoms with E-state index in [4.69, 9.17) is 4.74 Å². The van der Waals surface area contributed by atoms with Crippen LogP contribution in [0.4, 0.5) is 10.1 Å². The number of phenols is 1. The van der Waals surface area contributed by atoms with E-state index in [2.05, 4.69) is 0 Å². The van der Waals surface area contributed by atoms with Gasteiger partial charge in [-0.2, -0.15) is 0 Å². The minimum atomic E-state index is -1.48. The predicted octanol–water partition coefficient (Wildman–Crippen LogP) is 4.03. The Morgan fingerprint density at radius 2 is 1.53 bits per heavy atom. The number of ether oxygens (including phenoxy) is 1. The first-order valence-corrected chi connectivity index (χ1v) is 16.4. The summed E-state index contributed by atoms with van der Waals surface area (Å²) in [6.07, 6.45) is -6.73. The van der Waals surface area contributed by atoms with Crippen molar-refractivity contribution in [3.8, 4) is 16.9 Å². The maximum Gasteiger partial charge on any atom is 0.243 e. The van der Waals surface area contributed by atoms with Crippen LogP contribution in [-0.4, -0.2) is 78.6 Å². The van der Waals surface area contributed by atoms with Crippen molar-refractivity contribution in [3.05, 3.63) is 120 Å². The molecule has 2 aliphatic heterocycles. The van der Waals surface area contributed by atoms with Crippen LogP contribution < -0.4 is 4.90 Å². The average molecular weight is 662 g/mol. The zero-order valence-corrected chi connectivity index (χ0v) is 26.0. The van der Waals surface area contributed by atoms with Crippen molar-refractivity contribution in [3.63, 3.8) is 0 Å². The van der Waals surface area contributed by atoms with E-state index in [1.165, 1.54) is 23.9 Å². The van der Waals surface area contributed by atoms with Crippen LogP contribution in [0.1, 0.15) is 41.4 Å². The smallest absolute Gasteiger partial charge is 0.243 e. The topological polar surface area (TPSA) is 151 Å². The third kappa shape index (κ3) is 6.66. The first kappa shape index (κ1) is 33.1. The lowest BCUT2D eigenvalue weighted by atomic mass is 9.89. The number of hydrogen-bond acceptors (Lipinski definition) is 9. The molecule has 0 aliphatic carbocycles. The van der Waals surface area contributed by atoms with Gasteiger partial charge < -0.3 is 40.3 Å². The van der Waals surface area contributed by atoms with Gasteiger partial charge in [0.05, 0.1) is 18.8 Å². The molecule has 8 atom stereocenters. The van der Waals surface area contributed by atoms with E-state index >= 15 is 0 Å². The van der Waals surface area contributed by atoms with Crippen molar-refractivity contribution < 1.29 is 44.6 Å². The van der Waals surface area contributed by atoms with Crippen LogP contribution >= 0.6 is 11.8 Å². The number of anilines is 1. The fourth-order valence-corrected chi connectivity index (χ4v) is 7.50. The Morgan fingerprint density at radius 1 is 0.851 bits per heavy atom. The lowest BCUT2D eigenvalue weighted by Gasteiger charge is -2.47. The van der Waals surface area contributed by atoms with Gasteiger partial charge in [0, 0.05) is 11.3 Å². The largest absolute Gasteiger partial charge is 0.508 e. The highest BCUT2D eigenvalue weighted by Gasteiger charge is 2.50. The summed E-state index contributed by atoms with van der Waals surface area (Å²) in [6.45, 7) is -0.517. The Labute approximate surface area is 275 Å². The molecule has 2 heterocycles. The van der Waals surface area contributed by atoms with Crippen molar-refractivity contribution in [2.45, 2.75) is 54.3 Å². The Kier molecular flexibility index (Phi) is 9.95. The Balaban J connectivity index is 1.20. The number of aliphatic hydroxyl groups is 5. The van der Waals surface area contributed by atoms with Crippen LogP contribution in [-0.2, 0) is 9.53 Å². The lowest BCUT2D eigenvalue weighted by Crippen LogP contribution is -2.57. The number of aliphatic hydroxyl groups excluding tert-OH is 5. The number of hydrogen-bond donors (Lipinski definition) is 6. The summed E-state index contributed by atoms with van der Waals surface area (Å²) in [4.78, 5) is 15.1. The fourth-order valence-electron chi connectivity index (χ4n) is 6.18. The highest BCUT2D eigenvalue weighted by molar-refractivity contribution is 8.00. The van der Waals surface area contributed by atoms with Crippen LogP contribution in [0.25, 0.3) is 11.1 Å². The molecular formula is C36H36FNO8S. The van der Waals surface area contributed by atoms with Gasteiger partial charge in [-0.15, -0.1) is 11.8 Å². The third-order valence-corrected chi connectivity index (χ3v) is 10.1. The van der Waals surface area contributed by atoms with Crippen molar-refractivity contribution >= 4 is 23.4 Å². The standard InChI is InChI=1S/C36H36FNO8S/c37-24-13-10-21(11-14-24)27(40)16-17-47-35-30(38(36(35)45)25-4-2-1-3-5-25)26-15-12-23(18-28(26)41)20-6-8-22(9-7-20)34-33(44)32(43)31(42)29(19-39)46-34/h1-15,18,27,29-35,39-44H,16-17,19H2/t27-,29+,30+,31+,32-,33+,34?,35+/m0/s1. The minimum Gasteiger partial charge on any atom is -0.508 e. The molecule has 0 saturated carbocycles. The van der Waals surface area contributed by atoms with Gasteiger partial charge in [-0.25, -0.2) is 4.39 Å². The van der Waals surface area contributed by atoms with E-state index in [1.54, 1.807) is 53.4 Å². The number of rotatable bonds is 10. The van der Waals surface area contributed by atoms with E-state index in [1.807, 2.05) is 36.4 Å². The van der Waals surface area contributed by atoms with Crippen molar-refractivity contribution in [1.82, 2.24) is 0 Å². The molecule has 47 heavy (non-hydrogen) atoms. The number of benzene rings is 4. The fraction of sp³-hybridized carbons (Fsp3) is 0.306. The number of β-lactam (4-membered cyclic amide) rings is 1. The zero-order valence-electron chi connectivity index (χ0n) is 25.2. The van der Waals surface area contributed by atoms with Crippen LogP contribution in [0, 0.1) is 5.82 Å². The molecule has 6 rings (SSSR count).